The Labute approximate surface area is 451 Å². The van der Waals surface area contributed by atoms with E-state index in [1.807, 2.05) is 38.1 Å². The number of aliphatic hydroxyl groups excluding tert-OH is 1. The molecule has 0 amide bonds. The summed E-state index contributed by atoms with van der Waals surface area (Å²) in [5, 5.41) is 9.80. The molecule has 0 heterocycles. The largest absolute Gasteiger partial charge is 0.490 e. The smallest absolute Gasteiger partial charge is 0.336 e. The number of rotatable bonds is 43. The number of ether oxygens (including phenoxy) is 8. The van der Waals surface area contributed by atoms with Crippen molar-refractivity contribution >= 4 is 30.1 Å². The molecule has 0 radical (unpaired) electrons. The highest BCUT2D eigenvalue weighted by atomic mass is 16.6. The first kappa shape index (κ1) is 63.8. The summed E-state index contributed by atoms with van der Waals surface area (Å²) in [6, 6.07) is 13.7. The lowest BCUT2D eigenvalue weighted by Crippen LogP contribution is -2.19. The van der Waals surface area contributed by atoms with Crippen LogP contribution in [-0.2, 0) is 19.1 Å². The Morgan fingerprint density at radius 2 is 0.867 bits per heavy atom. The lowest BCUT2D eigenvalue weighted by Gasteiger charge is -2.25. The van der Waals surface area contributed by atoms with Crippen LogP contribution in [0.3, 0.4) is 0 Å². The molecule has 2 atom stereocenters. The molecule has 0 aliphatic rings. The molecule has 0 saturated carbocycles. The van der Waals surface area contributed by atoms with Gasteiger partial charge in [0.2, 0.25) is 5.75 Å². The predicted octanol–water partition coefficient (Wildman–Crippen LogP) is 16.1. The summed E-state index contributed by atoms with van der Waals surface area (Å²) in [5.74, 6) is 1.35. The van der Waals surface area contributed by atoms with E-state index < -0.39 is 18.0 Å². The van der Waals surface area contributed by atoms with Gasteiger partial charge in [-0.2, -0.15) is 0 Å². The van der Waals surface area contributed by atoms with Crippen LogP contribution in [0.4, 0.5) is 0 Å². The molecule has 2 unspecified atom stereocenters. The normalized spacial score (nSPS) is 12.2. The van der Waals surface area contributed by atoms with E-state index in [4.69, 9.17) is 37.9 Å². The third-order valence-corrected chi connectivity index (χ3v) is 12.8. The Morgan fingerprint density at radius 3 is 1.29 bits per heavy atom. The molecule has 12 nitrogen and oxygen atoms in total. The molecule has 0 bridgehead atoms. The average Bonchev–Trinajstić information content (AvgIpc) is 3.41. The minimum absolute atomic E-state index is 0.0576. The number of carbonyl (C=O) groups is 3. The maximum absolute atomic E-state index is 13.4. The Kier molecular flexibility index (Phi) is 33.9. The minimum atomic E-state index is -0.675. The fraction of sp³-hybridized carbons (Fsp3) is 0.603. The van der Waals surface area contributed by atoms with Crippen molar-refractivity contribution in [2.45, 2.75) is 202 Å². The highest BCUT2D eigenvalue weighted by Gasteiger charge is 2.27. The van der Waals surface area contributed by atoms with E-state index in [-0.39, 0.29) is 30.0 Å². The van der Waals surface area contributed by atoms with Crippen LogP contribution >= 0.6 is 0 Å². The van der Waals surface area contributed by atoms with Gasteiger partial charge in [-0.3, -0.25) is 4.79 Å². The summed E-state index contributed by atoms with van der Waals surface area (Å²) in [6.45, 7) is 17.1. The van der Waals surface area contributed by atoms with Crippen molar-refractivity contribution in [1.82, 2.24) is 0 Å². The Bertz CT molecular complexity index is 2090. The summed E-state index contributed by atoms with van der Waals surface area (Å²) < 4.78 is 49.7. The molecule has 0 saturated heterocycles. The van der Waals surface area contributed by atoms with E-state index in [1.165, 1.54) is 12.2 Å². The van der Waals surface area contributed by atoms with Crippen LogP contribution in [0, 0.1) is 5.92 Å². The molecule has 0 aliphatic heterocycles. The van der Waals surface area contributed by atoms with E-state index in [2.05, 4.69) is 34.6 Å². The zero-order valence-corrected chi connectivity index (χ0v) is 47.0. The van der Waals surface area contributed by atoms with E-state index in [9.17, 15) is 19.5 Å². The van der Waals surface area contributed by atoms with E-state index in [0.717, 1.165) is 128 Å². The summed E-state index contributed by atoms with van der Waals surface area (Å²) in [4.78, 5) is 39.8. The van der Waals surface area contributed by atoms with Crippen LogP contribution in [0.5, 0.6) is 40.2 Å². The lowest BCUT2D eigenvalue weighted by atomic mass is 9.99. The number of unbranched alkanes of at least 4 members (excludes halogenated alkanes) is 15. The summed E-state index contributed by atoms with van der Waals surface area (Å²) in [7, 11) is 0. The van der Waals surface area contributed by atoms with Crippen molar-refractivity contribution in [1.29, 1.82) is 0 Å². The molecule has 0 aromatic heterocycles. The highest BCUT2D eigenvalue weighted by molar-refractivity contribution is 5.90. The molecule has 418 valence electrons. The molecule has 3 rings (SSSR count). The summed E-state index contributed by atoms with van der Waals surface area (Å²) >= 11 is 0. The van der Waals surface area contributed by atoms with Gasteiger partial charge in [0.15, 0.2) is 23.0 Å². The maximum Gasteiger partial charge on any atom is 0.336 e. The fourth-order valence-corrected chi connectivity index (χ4v) is 8.06. The van der Waals surface area contributed by atoms with Gasteiger partial charge in [-0.05, 0) is 99.9 Å². The second kappa shape index (κ2) is 39.9. The summed E-state index contributed by atoms with van der Waals surface area (Å²) in [5.41, 5.74) is 1.93. The van der Waals surface area contributed by atoms with Gasteiger partial charge in [-0.1, -0.05) is 157 Å². The first-order valence-corrected chi connectivity index (χ1v) is 28.8. The van der Waals surface area contributed by atoms with Gasteiger partial charge in [0.1, 0.15) is 17.6 Å². The van der Waals surface area contributed by atoms with Crippen molar-refractivity contribution in [2.24, 2.45) is 5.92 Å². The number of esters is 3. The van der Waals surface area contributed by atoms with Gasteiger partial charge in [-0.25, -0.2) is 9.59 Å². The second-order valence-corrected chi connectivity index (χ2v) is 19.3. The van der Waals surface area contributed by atoms with Crippen molar-refractivity contribution < 1.29 is 57.4 Å². The maximum atomic E-state index is 13.4. The molecular weight excluding hydrogens is 949 g/mol. The Morgan fingerprint density at radius 1 is 0.467 bits per heavy atom. The van der Waals surface area contributed by atoms with Gasteiger partial charge in [0, 0.05) is 35.4 Å². The van der Waals surface area contributed by atoms with Crippen molar-refractivity contribution in [3.05, 3.63) is 77.4 Å². The fourth-order valence-electron chi connectivity index (χ4n) is 8.06. The topological polar surface area (TPSA) is 145 Å². The van der Waals surface area contributed by atoms with Crippen molar-refractivity contribution in [3.63, 3.8) is 0 Å². The standard InChI is InChI=1S/C63H94O12/c1-8-14-19-24-44-68-56-40-32-51(60(70-46-26-21-16-10-3)62(56)72-48-28-23-18-12-5)34-42-58(66)74-53-37-35-52(36-38-53)73-57(65)41-33-50-31-39-54(55(30-29-43-64)75-63(67)49(7)13-6)61(71-47-27-22-17-11-4)59(50)69-45-25-20-15-9-2/h31-42,49,55,64H,8-30,43-48H2,1-7H3. The molecule has 0 spiro atoms. The first-order chi connectivity index (χ1) is 36.6. The van der Waals surface area contributed by atoms with Crippen LogP contribution in [0.1, 0.15) is 219 Å². The zero-order valence-electron chi connectivity index (χ0n) is 47.0. The van der Waals surface area contributed by atoms with Crippen molar-refractivity contribution in [3.8, 4) is 40.2 Å². The van der Waals surface area contributed by atoms with Crippen LogP contribution in [0.15, 0.2) is 60.7 Å². The average molecular weight is 1040 g/mol. The van der Waals surface area contributed by atoms with Crippen molar-refractivity contribution in [2.75, 3.05) is 39.6 Å². The third kappa shape index (κ3) is 25.3. The van der Waals surface area contributed by atoms with E-state index in [1.54, 1.807) is 36.4 Å². The van der Waals surface area contributed by atoms with Gasteiger partial charge in [0.25, 0.3) is 0 Å². The van der Waals surface area contributed by atoms with Crippen LogP contribution in [-0.4, -0.2) is 62.7 Å². The van der Waals surface area contributed by atoms with Crippen LogP contribution in [0.25, 0.3) is 12.2 Å². The first-order valence-electron chi connectivity index (χ1n) is 28.8. The number of benzene rings is 3. The summed E-state index contributed by atoms with van der Waals surface area (Å²) in [6.07, 6.45) is 27.5. The van der Waals surface area contributed by atoms with Crippen LogP contribution in [0.2, 0.25) is 0 Å². The number of carbonyl (C=O) groups excluding carboxylic acids is 3. The number of hydrogen-bond donors (Lipinski definition) is 1. The molecule has 12 heteroatoms. The third-order valence-electron chi connectivity index (χ3n) is 12.8. The van der Waals surface area contributed by atoms with E-state index >= 15 is 0 Å². The molecule has 3 aromatic carbocycles. The highest BCUT2D eigenvalue weighted by Crippen LogP contribution is 2.43. The Hall–Kier alpha value is -5.49. The second-order valence-electron chi connectivity index (χ2n) is 19.3. The monoisotopic (exact) mass is 1040 g/mol. The molecule has 0 aliphatic carbocycles. The molecule has 0 fully saturated rings. The number of aliphatic hydroxyl groups is 1. The van der Waals surface area contributed by atoms with Gasteiger partial charge < -0.3 is 43.0 Å². The molecule has 3 aromatic rings. The SMILES string of the molecule is CCCCCCOc1ccc(C=CC(=O)Oc2ccc(OC(=O)C=Cc3ccc(C(CCCO)OC(=O)C(C)CC)c(OCCCCCC)c3OCCCCCC)cc2)c(OCCCCCC)c1OCCCCCC. The van der Waals surface area contributed by atoms with Gasteiger partial charge in [-0.15, -0.1) is 0 Å². The molecular formula is C63H94O12. The lowest BCUT2D eigenvalue weighted by molar-refractivity contribution is -0.154. The Balaban J connectivity index is 1.86. The quantitative estimate of drug-likeness (QED) is 0.0249. The molecule has 1 N–H and O–H groups in total. The number of hydrogen-bond acceptors (Lipinski definition) is 12. The van der Waals surface area contributed by atoms with Gasteiger partial charge in [0.05, 0.1) is 39.0 Å². The zero-order chi connectivity index (χ0) is 54.3. The van der Waals surface area contributed by atoms with Gasteiger partial charge >= 0.3 is 17.9 Å². The van der Waals surface area contributed by atoms with E-state index in [0.29, 0.717) is 97.7 Å². The minimum Gasteiger partial charge on any atom is -0.490 e. The predicted molar refractivity (Wildman–Crippen MR) is 301 cm³/mol. The van der Waals surface area contributed by atoms with Crippen LogP contribution < -0.4 is 33.2 Å². The molecule has 75 heavy (non-hydrogen) atoms.